The summed E-state index contributed by atoms with van der Waals surface area (Å²) in [6.45, 7) is 7.78. The van der Waals surface area contributed by atoms with Crippen molar-refractivity contribution >= 4 is 39.2 Å². The fraction of sp³-hybridized carbons (Fsp3) is 0.467. The lowest BCUT2D eigenvalue weighted by Crippen LogP contribution is -2.42. The molecule has 0 aliphatic heterocycles. The first kappa shape index (κ1) is 18.9. The van der Waals surface area contributed by atoms with Crippen LogP contribution in [0, 0.1) is 0 Å². The summed E-state index contributed by atoms with van der Waals surface area (Å²) in [5.41, 5.74) is 0.435. The number of nitrogens with zero attached hydrogens (tertiary/aromatic N) is 1. The summed E-state index contributed by atoms with van der Waals surface area (Å²) >= 11 is 8.50. The van der Waals surface area contributed by atoms with Crippen LogP contribution in [0.1, 0.15) is 24.2 Å². The van der Waals surface area contributed by atoms with Gasteiger partial charge in [-0.25, -0.2) is 0 Å². The number of likely N-dealkylation sites (N-methyl/N-ethyl adjacent to an activating group) is 1. The summed E-state index contributed by atoms with van der Waals surface area (Å²) < 4.78 is 6.00. The molecule has 122 valence electrons. The molecule has 0 bridgehead atoms. The zero-order valence-electron chi connectivity index (χ0n) is 13.1. The Morgan fingerprint density at radius 1 is 1.36 bits per heavy atom. The van der Waals surface area contributed by atoms with Crippen LogP contribution in [-0.2, 0) is 0 Å². The molecule has 0 radical (unpaired) electrons. The third kappa shape index (κ3) is 5.90. The van der Waals surface area contributed by atoms with Crippen molar-refractivity contribution in [2.75, 3.05) is 33.3 Å². The van der Waals surface area contributed by atoms with Gasteiger partial charge >= 0.3 is 0 Å². The minimum Gasteiger partial charge on any atom is -0.496 e. The van der Waals surface area contributed by atoms with Gasteiger partial charge in [-0.3, -0.25) is 10.1 Å². The lowest BCUT2D eigenvalue weighted by atomic mass is 10.2. The highest BCUT2D eigenvalue weighted by Crippen LogP contribution is 2.22. The second-order valence-corrected chi connectivity index (χ2v) is 5.91. The van der Waals surface area contributed by atoms with E-state index in [2.05, 4.69) is 45.3 Å². The third-order valence-electron chi connectivity index (χ3n) is 3.24. The topological polar surface area (TPSA) is 53.6 Å². The minimum atomic E-state index is -0.293. The molecule has 0 aliphatic rings. The highest BCUT2D eigenvalue weighted by Gasteiger charge is 2.14. The lowest BCUT2D eigenvalue weighted by Gasteiger charge is -2.18. The van der Waals surface area contributed by atoms with Gasteiger partial charge in [0.15, 0.2) is 5.11 Å². The van der Waals surface area contributed by atoms with Crippen LogP contribution in [0.2, 0.25) is 0 Å². The summed E-state index contributed by atoms with van der Waals surface area (Å²) in [4.78, 5) is 14.5. The van der Waals surface area contributed by atoms with Crippen molar-refractivity contribution in [2.45, 2.75) is 13.8 Å². The van der Waals surface area contributed by atoms with Crippen LogP contribution in [0.25, 0.3) is 0 Å². The first-order valence-electron chi connectivity index (χ1n) is 7.16. The van der Waals surface area contributed by atoms with Crippen molar-refractivity contribution in [1.29, 1.82) is 0 Å². The van der Waals surface area contributed by atoms with Gasteiger partial charge < -0.3 is 15.0 Å². The number of carbonyl (C=O) groups excluding carboxylic acids is 1. The van der Waals surface area contributed by atoms with E-state index in [0.717, 1.165) is 24.1 Å². The number of hydrogen-bond donors (Lipinski definition) is 2. The zero-order valence-corrected chi connectivity index (χ0v) is 15.5. The van der Waals surface area contributed by atoms with Crippen LogP contribution in [0.4, 0.5) is 0 Å². The number of halogens is 1. The van der Waals surface area contributed by atoms with E-state index < -0.39 is 0 Å². The molecule has 0 saturated heterocycles. The standard InChI is InChI=1S/C15H22BrN3O2S/c1-4-19(5-2)9-8-17-15(22)18-14(20)12-10-11(16)6-7-13(12)21-3/h6-7,10H,4-5,8-9H2,1-3H3,(H2,17,18,20,22). The van der Waals surface area contributed by atoms with Crippen molar-refractivity contribution in [3.05, 3.63) is 28.2 Å². The van der Waals surface area contributed by atoms with Crippen molar-refractivity contribution in [1.82, 2.24) is 15.5 Å². The highest BCUT2D eigenvalue weighted by atomic mass is 79.9. The fourth-order valence-corrected chi connectivity index (χ4v) is 2.50. The van der Waals surface area contributed by atoms with Gasteiger partial charge in [-0.1, -0.05) is 29.8 Å². The maximum Gasteiger partial charge on any atom is 0.261 e. The summed E-state index contributed by atoms with van der Waals surface area (Å²) in [5.74, 6) is 0.213. The number of amides is 1. The molecule has 0 unspecified atom stereocenters. The molecule has 0 atom stereocenters. The predicted octanol–water partition coefficient (Wildman–Crippen LogP) is 2.40. The molecule has 0 saturated carbocycles. The Kier molecular flexibility index (Phi) is 8.37. The molecule has 1 aromatic rings. The number of ether oxygens (including phenoxy) is 1. The Labute approximate surface area is 145 Å². The van der Waals surface area contributed by atoms with Gasteiger partial charge in [0.25, 0.3) is 5.91 Å². The molecule has 0 fully saturated rings. The van der Waals surface area contributed by atoms with E-state index >= 15 is 0 Å². The van der Waals surface area contributed by atoms with E-state index in [1.54, 1.807) is 12.1 Å². The highest BCUT2D eigenvalue weighted by molar-refractivity contribution is 9.10. The number of rotatable bonds is 7. The molecule has 0 spiro atoms. The Balaban J connectivity index is 2.54. The maximum atomic E-state index is 12.2. The molecule has 2 N–H and O–H groups in total. The van der Waals surface area contributed by atoms with Crippen LogP contribution >= 0.6 is 28.1 Å². The van der Waals surface area contributed by atoms with Gasteiger partial charge in [-0.2, -0.15) is 0 Å². The number of methoxy groups -OCH3 is 1. The fourth-order valence-electron chi connectivity index (χ4n) is 1.94. The van der Waals surface area contributed by atoms with Gasteiger partial charge in [0.2, 0.25) is 0 Å². The first-order valence-corrected chi connectivity index (χ1v) is 8.37. The lowest BCUT2D eigenvalue weighted by molar-refractivity contribution is 0.0973. The number of benzene rings is 1. The van der Waals surface area contributed by atoms with Crippen LogP contribution in [0.3, 0.4) is 0 Å². The van der Waals surface area contributed by atoms with E-state index in [4.69, 9.17) is 17.0 Å². The van der Waals surface area contributed by atoms with Crippen LogP contribution < -0.4 is 15.4 Å². The minimum absolute atomic E-state index is 0.293. The molecular weight excluding hydrogens is 366 g/mol. The van der Waals surface area contributed by atoms with Crippen molar-refractivity contribution < 1.29 is 9.53 Å². The Morgan fingerprint density at radius 3 is 2.64 bits per heavy atom. The van der Waals surface area contributed by atoms with Crippen molar-refractivity contribution in [2.24, 2.45) is 0 Å². The van der Waals surface area contributed by atoms with E-state index in [1.165, 1.54) is 7.11 Å². The van der Waals surface area contributed by atoms with E-state index in [0.29, 0.717) is 23.0 Å². The summed E-state index contributed by atoms with van der Waals surface area (Å²) in [7, 11) is 1.53. The van der Waals surface area contributed by atoms with Gasteiger partial charge in [0, 0.05) is 17.6 Å². The molecule has 5 nitrogen and oxygen atoms in total. The monoisotopic (exact) mass is 387 g/mol. The first-order chi connectivity index (χ1) is 10.5. The molecule has 1 rings (SSSR count). The Hall–Kier alpha value is -1.18. The maximum absolute atomic E-state index is 12.2. The van der Waals surface area contributed by atoms with Crippen molar-refractivity contribution in [3.8, 4) is 5.75 Å². The smallest absolute Gasteiger partial charge is 0.261 e. The second-order valence-electron chi connectivity index (χ2n) is 4.58. The van der Waals surface area contributed by atoms with E-state index in [1.807, 2.05) is 6.07 Å². The zero-order chi connectivity index (χ0) is 16.5. The number of thiocarbonyl (C=S) groups is 1. The average Bonchev–Trinajstić information content (AvgIpc) is 2.51. The largest absolute Gasteiger partial charge is 0.496 e. The molecule has 0 aliphatic carbocycles. The summed E-state index contributed by atoms with van der Waals surface area (Å²) in [6.07, 6.45) is 0. The average molecular weight is 388 g/mol. The normalized spacial score (nSPS) is 10.4. The molecule has 22 heavy (non-hydrogen) atoms. The van der Waals surface area contributed by atoms with Crippen LogP contribution in [0.15, 0.2) is 22.7 Å². The Morgan fingerprint density at radius 2 is 2.05 bits per heavy atom. The second kappa shape index (κ2) is 9.76. The summed E-state index contributed by atoms with van der Waals surface area (Å²) in [5, 5.41) is 6.03. The molecule has 0 aromatic heterocycles. The van der Waals surface area contributed by atoms with Crippen LogP contribution in [-0.4, -0.2) is 49.2 Å². The van der Waals surface area contributed by atoms with Gasteiger partial charge in [-0.05, 0) is 43.5 Å². The molecular formula is C15H22BrN3O2S. The molecule has 0 heterocycles. The van der Waals surface area contributed by atoms with Gasteiger partial charge in [-0.15, -0.1) is 0 Å². The van der Waals surface area contributed by atoms with Crippen LogP contribution in [0.5, 0.6) is 5.75 Å². The predicted molar refractivity (Wildman–Crippen MR) is 96.5 cm³/mol. The number of carbonyl (C=O) groups is 1. The van der Waals surface area contributed by atoms with E-state index in [9.17, 15) is 4.79 Å². The molecule has 7 heteroatoms. The Bertz CT molecular complexity index is 522. The summed E-state index contributed by atoms with van der Waals surface area (Å²) in [6, 6.07) is 5.25. The quantitative estimate of drug-likeness (QED) is 0.703. The number of hydrogen-bond acceptors (Lipinski definition) is 4. The number of nitrogens with one attached hydrogen (secondary N) is 2. The van der Waals surface area contributed by atoms with Crippen molar-refractivity contribution in [3.63, 3.8) is 0 Å². The van der Waals surface area contributed by atoms with E-state index in [-0.39, 0.29) is 5.91 Å². The van der Waals surface area contributed by atoms with Gasteiger partial charge in [0.05, 0.1) is 12.7 Å². The SMILES string of the molecule is CCN(CC)CCNC(=S)NC(=O)c1cc(Br)ccc1OC. The molecule has 1 aromatic carbocycles. The third-order valence-corrected chi connectivity index (χ3v) is 3.98. The van der Waals surface area contributed by atoms with Gasteiger partial charge in [0.1, 0.15) is 5.75 Å². The molecule has 1 amide bonds.